The summed E-state index contributed by atoms with van der Waals surface area (Å²) >= 11 is 0. The van der Waals surface area contributed by atoms with Gasteiger partial charge in [-0.1, -0.05) is 27.4 Å². The molecule has 3 heterocycles. The minimum Gasteiger partial charge on any atom is -0.463 e. The van der Waals surface area contributed by atoms with Crippen molar-refractivity contribution >= 4 is 35.8 Å². The third kappa shape index (κ3) is 14.6. The molecule has 3 aliphatic heterocycles. The molecule has 3 saturated heterocycles. The largest absolute Gasteiger partial charge is 0.463 e. The van der Waals surface area contributed by atoms with Crippen molar-refractivity contribution in [3.05, 3.63) is 41.8 Å². The lowest BCUT2D eigenvalue weighted by Gasteiger charge is -2.48. The number of carbonyl (C=O) groups excluding carboxylic acids is 6. The summed E-state index contributed by atoms with van der Waals surface area (Å²) < 4.78 is 86.3. The van der Waals surface area contributed by atoms with Gasteiger partial charge >= 0.3 is 35.8 Å². The molecule has 18 atom stereocenters. The molecule has 1 aliphatic carbocycles. The molecule has 0 radical (unpaired) electrons. The minimum atomic E-state index is -2.32. The van der Waals surface area contributed by atoms with E-state index >= 15 is 4.39 Å². The Hall–Kier alpha value is -6.25. The first-order valence-corrected chi connectivity index (χ1v) is 20.5. The van der Waals surface area contributed by atoms with Crippen LogP contribution in [-0.2, 0) is 85.6 Å². The third-order valence-corrected chi connectivity index (χ3v) is 10.4. The molecular weight excluding hydrogens is 907 g/mol. The van der Waals surface area contributed by atoms with Crippen LogP contribution in [0.4, 0.5) is 4.39 Å². The second-order valence-corrected chi connectivity index (χ2v) is 15.4. The minimum absolute atomic E-state index is 0.0870. The Labute approximate surface area is 379 Å². The molecule has 30 nitrogen and oxygen atoms in total. The van der Waals surface area contributed by atoms with E-state index in [0.29, 0.717) is 0 Å². The van der Waals surface area contributed by atoms with E-state index in [9.17, 15) is 39.8 Å². The topological polar surface area (TPSA) is 408 Å². The van der Waals surface area contributed by atoms with Gasteiger partial charge in [0.2, 0.25) is 0 Å². The molecule has 2 unspecified atom stereocenters. The molecule has 4 rings (SSSR count). The van der Waals surface area contributed by atoms with Crippen LogP contribution in [-0.4, -0.2) is 160 Å². The number of hydrogen-bond donors (Lipinski definition) is 0. The van der Waals surface area contributed by atoms with Crippen LogP contribution in [0.15, 0.2) is 20.5 Å². The Morgan fingerprint density at radius 3 is 1.63 bits per heavy atom. The molecule has 4 aliphatic rings. The number of alkyl halides is 1. The Balaban J connectivity index is 1.81. The van der Waals surface area contributed by atoms with E-state index < -0.39 is 166 Å². The number of rotatable bonds is 19. The molecule has 0 aromatic carbocycles. The molecule has 1 saturated carbocycles. The smallest absolute Gasteiger partial charge is 0.303 e. The maximum absolute atomic E-state index is 16.3. The first kappa shape index (κ1) is 53.4. The predicted molar refractivity (Wildman–Crippen MR) is 212 cm³/mol. The molecule has 0 N–H and O–H groups in total. The van der Waals surface area contributed by atoms with Gasteiger partial charge in [0.1, 0.15) is 55.4 Å². The van der Waals surface area contributed by atoms with Gasteiger partial charge in [0, 0.05) is 67.6 Å². The van der Waals surface area contributed by atoms with Crippen LogP contribution in [0.1, 0.15) is 61.3 Å². The summed E-state index contributed by atoms with van der Waals surface area (Å²) in [6.07, 6.45) is -24.2. The van der Waals surface area contributed by atoms with Crippen LogP contribution in [0, 0.1) is 5.92 Å². The summed E-state index contributed by atoms with van der Waals surface area (Å²) in [6.45, 7) is 6.22. The van der Waals surface area contributed by atoms with E-state index in [4.69, 9.17) is 67.9 Å². The number of hydrogen-bond acceptors (Lipinski definition) is 22. The van der Waals surface area contributed by atoms with Crippen molar-refractivity contribution in [3.8, 4) is 0 Å². The lowest BCUT2D eigenvalue weighted by molar-refractivity contribution is -0.309. The highest BCUT2D eigenvalue weighted by Gasteiger charge is 2.57. The lowest BCUT2D eigenvalue weighted by atomic mass is 9.80. The fourth-order valence-electron chi connectivity index (χ4n) is 8.04. The van der Waals surface area contributed by atoms with E-state index in [1.807, 2.05) is 0 Å². The van der Waals surface area contributed by atoms with Gasteiger partial charge < -0.3 is 56.8 Å². The van der Waals surface area contributed by atoms with E-state index in [-0.39, 0.29) is 12.8 Å². The molecule has 4 fully saturated rings. The van der Waals surface area contributed by atoms with Crippen LogP contribution in [0.3, 0.4) is 0 Å². The summed E-state index contributed by atoms with van der Waals surface area (Å²) in [5.74, 6) is -5.99. The second-order valence-electron chi connectivity index (χ2n) is 15.4. The number of nitrogens with zero attached hydrogens (tertiary/aromatic N) is 12. The maximum atomic E-state index is 16.3. The quantitative estimate of drug-likeness (QED) is 0.0589. The van der Waals surface area contributed by atoms with Crippen LogP contribution in [0.25, 0.3) is 41.8 Å². The fraction of sp³-hybridized carbons (Fsp3) is 0.833. The van der Waals surface area contributed by atoms with Gasteiger partial charge in [-0.25, -0.2) is 4.39 Å². The van der Waals surface area contributed by atoms with Gasteiger partial charge in [0.15, 0.2) is 43.4 Å². The SMILES string of the molecule is CC(=O)OC[C@H]1O[C@@H](O[C@H]2[C@H](O[C@H]3O[C@H](CN=[N+]=[N-])[C@@H](OC(C)=O)[C@@H](F)C3N=[N+]=[N-])[C@@H](C)CC(N=[N+]=[N-])[C@@H]2OC(C)=O)[C@H](OC(C)=O)[C@@H]1O[C@@H]1C[C@@H](OC(C)=O)[C@H](OC(C)=O)[C@H](CN=[N+]=[N-])O1. The van der Waals surface area contributed by atoms with Crippen molar-refractivity contribution < 1.29 is 90.0 Å². The van der Waals surface area contributed by atoms with Crippen molar-refractivity contribution in [2.75, 3.05) is 19.7 Å². The lowest BCUT2D eigenvalue weighted by Crippen LogP contribution is -2.62. The Morgan fingerprint density at radius 1 is 0.552 bits per heavy atom. The normalized spacial score (nSPS) is 35.6. The zero-order chi connectivity index (χ0) is 49.5. The monoisotopic (exact) mass is 956 g/mol. The first-order chi connectivity index (χ1) is 31.8. The summed E-state index contributed by atoms with van der Waals surface area (Å²) in [4.78, 5) is 84.9. The van der Waals surface area contributed by atoms with E-state index in [0.717, 1.165) is 41.5 Å². The third-order valence-electron chi connectivity index (χ3n) is 10.4. The molecule has 0 aromatic rings. The predicted octanol–water partition coefficient (Wildman–Crippen LogP) is 3.28. The Bertz CT molecular complexity index is 2000. The van der Waals surface area contributed by atoms with Gasteiger partial charge in [-0.15, -0.1) is 0 Å². The van der Waals surface area contributed by atoms with Crippen molar-refractivity contribution in [3.63, 3.8) is 0 Å². The number of halogens is 1. The fourth-order valence-corrected chi connectivity index (χ4v) is 8.04. The zero-order valence-electron chi connectivity index (χ0n) is 37.0. The highest BCUT2D eigenvalue weighted by molar-refractivity contribution is 5.68. The highest BCUT2D eigenvalue weighted by atomic mass is 19.1. The molecule has 0 spiro atoms. The zero-order valence-corrected chi connectivity index (χ0v) is 37.0. The second kappa shape index (κ2) is 25.0. The van der Waals surface area contributed by atoms with Gasteiger partial charge in [-0.2, -0.15) is 0 Å². The van der Waals surface area contributed by atoms with Crippen LogP contribution in [0.2, 0.25) is 0 Å². The van der Waals surface area contributed by atoms with Gasteiger partial charge in [-0.3, -0.25) is 28.8 Å². The average Bonchev–Trinajstić information content (AvgIpc) is 3.54. The Kier molecular flexibility index (Phi) is 19.9. The van der Waals surface area contributed by atoms with Gasteiger partial charge in [-0.05, 0) is 34.5 Å². The standard InChI is InChI=1S/C36H49FN12O18/c1-13-8-20(44-48-40)29(58-16(4)52)33(28(13)66-35-27(45-49-41)26(37)31(60-18(6)54)23(63-35)11-43-47-39)67-36-34(61-19(7)55)32(24(64-36)12-56-14(2)50)65-25-9-21(57-15(3)51)30(59-17(5)53)22(62-25)10-42-46-38/h13,20-36H,8-12H2,1-7H3/t13-,20?,21+,22-,23+,24+,25+,26-,27?,28+,29-,30-,31+,32+,33-,34+,35+,36-/m0/s1. The van der Waals surface area contributed by atoms with Crippen molar-refractivity contribution in [2.24, 2.45) is 26.4 Å². The first-order valence-electron chi connectivity index (χ1n) is 20.5. The van der Waals surface area contributed by atoms with Crippen molar-refractivity contribution in [1.29, 1.82) is 0 Å². The van der Waals surface area contributed by atoms with Crippen molar-refractivity contribution in [2.45, 2.75) is 166 Å². The van der Waals surface area contributed by atoms with E-state index in [1.54, 1.807) is 6.92 Å². The van der Waals surface area contributed by atoms with E-state index in [2.05, 4.69) is 40.1 Å². The summed E-state index contributed by atoms with van der Waals surface area (Å²) in [7, 11) is 0. The van der Waals surface area contributed by atoms with Crippen molar-refractivity contribution in [1.82, 2.24) is 0 Å². The van der Waals surface area contributed by atoms with Gasteiger partial charge in [0.05, 0.1) is 25.2 Å². The molecule has 0 bridgehead atoms. The average molecular weight is 957 g/mol. The number of esters is 6. The molecule has 31 heteroatoms. The highest BCUT2D eigenvalue weighted by Crippen LogP contribution is 2.41. The Morgan fingerprint density at radius 2 is 1.07 bits per heavy atom. The summed E-state index contributed by atoms with van der Waals surface area (Å²) in [5.41, 5.74) is 37.2. The van der Waals surface area contributed by atoms with Crippen LogP contribution in [0.5, 0.6) is 0 Å². The molecule has 368 valence electrons. The van der Waals surface area contributed by atoms with E-state index in [1.165, 1.54) is 0 Å². The molecule has 0 aromatic heterocycles. The molecule has 0 amide bonds. The number of carbonyl (C=O) groups is 6. The summed E-state index contributed by atoms with van der Waals surface area (Å²) in [5, 5.41) is 14.2. The molecular formula is C36H49FN12O18. The van der Waals surface area contributed by atoms with Crippen LogP contribution < -0.4 is 0 Å². The van der Waals surface area contributed by atoms with Crippen LogP contribution >= 0.6 is 0 Å². The van der Waals surface area contributed by atoms with Gasteiger partial charge in [0.25, 0.3) is 0 Å². The number of azide groups is 4. The molecule has 67 heavy (non-hydrogen) atoms. The number of ether oxygens (including phenoxy) is 12. The summed E-state index contributed by atoms with van der Waals surface area (Å²) in [6, 6.07) is -3.08. The maximum Gasteiger partial charge on any atom is 0.303 e.